The summed E-state index contributed by atoms with van der Waals surface area (Å²) in [5, 5.41) is 5.73. The molecule has 1 aromatic rings. The normalized spacial score (nSPS) is 18.4. The highest BCUT2D eigenvalue weighted by atomic mass is 32.1. The summed E-state index contributed by atoms with van der Waals surface area (Å²) < 4.78 is 5.28. The standard InChI is InChI=1S/C16H28N2OS/c1-13(11-17-12-16-5-4-10-20-16)18(8-9-19-3)14(2)15-6-7-15/h4-5,10,13-15,17H,6-9,11-12H2,1-3H3. The number of ether oxygens (including phenoxy) is 1. The van der Waals surface area contributed by atoms with Gasteiger partial charge in [-0.3, -0.25) is 4.90 Å². The van der Waals surface area contributed by atoms with Gasteiger partial charge in [0.1, 0.15) is 0 Å². The molecule has 3 nitrogen and oxygen atoms in total. The van der Waals surface area contributed by atoms with Crippen LogP contribution in [0.4, 0.5) is 0 Å². The Morgan fingerprint density at radius 3 is 2.85 bits per heavy atom. The summed E-state index contributed by atoms with van der Waals surface area (Å²) in [4.78, 5) is 4.03. The Morgan fingerprint density at radius 1 is 1.45 bits per heavy atom. The van der Waals surface area contributed by atoms with Gasteiger partial charge in [0.2, 0.25) is 0 Å². The van der Waals surface area contributed by atoms with Gasteiger partial charge in [0, 0.05) is 43.7 Å². The summed E-state index contributed by atoms with van der Waals surface area (Å²) in [6.45, 7) is 8.60. The van der Waals surface area contributed by atoms with Gasteiger partial charge in [0.25, 0.3) is 0 Å². The van der Waals surface area contributed by atoms with Crippen molar-refractivity contribution in [2.24, 2.45) is 5.92 Å². The van der Waals surface area contributed by atoms with E-state index >= 15 is 0 Å². The van der Waals surface area contributed by atoms with Crippen LogP contribution in [0.2, 0.25) is 0 Å². The van der Waals surface area contributed by atoms with E-state index in [-0.39, 0.29) is 0 Å². The largest absolute Gasteiger partial charge is 0.383 e. The van der Waals surface area contributed by atoms with Crippen LogP contribution in [-0.4, -0.2) is 43.8 Å². The zero-order valence-corrected chi connectivity index (χ0v) is 13.8. The first-order chi connectivity index (χ1) is 9.72. The smallest absolute Gasteiger partial charge is 0.0589 e. The maximum absolute atomic E-state index is 5.28. The molecular weight excluding hydrogens is 268 g/mol. The predicted octanol–water partition coefficient (Wildman–Crippen LogP) is 2.97. The molecule has 1 aliphatic rings. The van der Waals surface area contributed by atoms with E-state index in [2.05, 4.69) is 41.6 Å². The van der Waals surface area contributed by atoms with Gasteiger partial charge in [-0.25, -0.2) is 0 Å². The lowest BCUT2D eigenvalue weighted by atomic mass is 10.1. The van der Waals surface area contributed by atoms with Crippen LogP contribution < -0.4 is 5.32 Å². The van der Waals surface area contributed by atoms with E-state index in [1.807, 2.05) is 11.3 Å². The van der Waals surface area contributed by atoms with Crippen LogP contribution in [0.25, 0.3) is 0 Å². The SMILES string of the molecule is COCCN(C(C)CNCc1cccs1)C(C)C1CC1. The maximum atomic E-state index is 5.28. The summed E-state index contributed by atoms with van der Waals surface area (Å²) in [6.07, 6.45) is 2.81. The molecule has 20 heavy (non-hydrogen) atoms. The molecule has 0 bridgehead atoms. The Kier molecular flexibility index (Phi) is 6.49. The molecule has 1 saturated carbocycles. The molecule has 0 saturated heterocycles. The van der Waals surface area contributed by atoms with Crippen molar-refractivity contribution < 1.29 is 4.74 Å². The van der Waals surface area contributed by atoms with Crippen LogP contribution in [0.5, 0.6) is 0 Å². The molecular formula is C16H28N2OS. The first-order valence-corrected chi connectivity index (χ1v) is 8.58. The first-order valence-electron chi connectivity index (χ1n) is 7.70. The quantitative estimate of drug-likeness (QED) is 0.718. The third kappa shape index (κ3) is 4.85. The molecule has 2 atom stereocenters. The van der Waals surface area contributed by atoms with Gasteiger partial charge >= 0.3 is 0 Å². The fourth-order valence-corrected chi connectivity index (χ4v) is 3.48. The highest BCUT2D eigenvalue weighted by Crippen LogP contribution is 2.35. The van der Waals surface area contributed by atoms with Crippen molar-refractivity contribution in [3.8, 4) is 0 Å². The first kappa shape index (κ1) is 16.0. The van der Waals surface area contributed by atoms with Gasteiger partial charge in [0.05, 0.1) is 6.61 Å². The van der Waals surface area contributed by atoms with E-state index in [4.69, 9.17) is 4.74 Å². The van der Waals surface area contributed by atoms with Gasteiger partial charge in [-0.1, -0.05) is 6.07 Å². The maximum Gasteiger partial charge on any atom is 0.0589 e. The van der Waals surface area contributed by atoms with Crippen LogP contribution in [-0.2, 0) is 11.3 Å². The molecule has 0 spiro atoms. The van der Waals surface area contributed by atoms with Crippen molar-refractivity contribution in [3.63, 3.8) is 0 Å². The Morgan fingerprint density at radius 2 is 2.25 bits per heavy atom. The second-order valence-electron chi connectivity index (χ2n) is 5.87. The van der Waals surface area contributed by atoms with E-state index in [0.717, 1.165) is 32.2 Å². The fraction of sp³-hybridized carbons (Fsp3) is 0.750. The number of rotatable bonds is 10. The average molecular weight is 296 g/mol. The zero-order valence-electron chi connectivity index (χ0n) is 13.0. The molecule has 1 heterocycles. The van der Waals surface area contributed by atoms with Crippen LogP contribution in [0.1, 0.15) is 31.6 Å². The highest BCUT2D eigenvalue weighted by Gasteiger charge is 2.33. The molecule has 0 aromatic carbocycles. The van der Waals surface area contributed by atoms with Crippen molar-refractivity contribution >= 4 is 11.3 Å². The lowest BCUT2D eigenvalue weighted by Crippen LogP contribution is -2.47. The topological polar surface area (TPSA) is 24.5 Å². The predicted molar refractivity (Wildman–Crippen MR) is 86.3 cm³/mol. The number of hydrogen-bond acceptors (Lipinski definition) is 4. The van der Waals surface area contributed by atoms with Crippen molar-refractivity contribution in [3.05, 3.63) is 22.4 Å². The van der Waals surface area contributed by atoms with Gasteiger partial charge in [-0.05, 0) is 44.1 Å². The summed E-state index contributed by atoms with van der Waals surface area (Å²) in [7, 11) is 1.79. The molecule has 4 heteroatoms. The summed E-state index contributed by atoms with van der Waals surface area (Å²) in [6, 6.07) is 5.55. The molecule has 0 amide bonds. The third-order valence-electron chi connectivity index (χ3n) is 4.27. The number of hydrogen-bond donors (Lipinski definition) is 1. The summed E-state index contributed by atoms with van der Waals surface area (Å²) in [5.41, 5.74) is 0. The van der Waals surface area contributed by atoms with E-state index < -0.39 is 0 Å². The van der Waals surface area contributed by atoms with Gasteiger partial charge in [0.15, 0.2) is 0 Å². The highest BCUT2D eigenvalue weighted by molar-refractivity contribution is 7.09. The van der Waals surface area contributed by atoms with Crippen LogP contribution in [0.3, 0.4) is 0 Å². The zero-order chi connectivity index (χ0) is 14.4. The van der Waals surface area contributed by atoms with Crippen molar-refractivity contribution in [1.29, 1.82) is 0 Å². The minimum atomic E-state index is 0.556. The van der Waals surface area contributed by atoms with Crippen LogP contribution >= 0.6 is 11.3 Å². The lowest BCUT2D eigenvalue weighted by molar-refractivity contribution is 0.0868. The van der Waals surface area contributed by atoms with E-state index in [9.17, 15) is 0 Å². The van der Waals surface area contributed by atoms with Crippen molar-refractivity contribution in [1.82, 2.24) is 10.2 Å². The number of nitrogens with zero attached hydrogens (tertiary/aromatic N) is 1. The molecule has 0 radical (unpaired) electrons. The Hall–Kier alpha value is -0.420. The number of thiophene rings is 1. The Bertz CT molecular complexity index is 365. The Balaban J connectivity index is 1.77. The third-order valence-corrected chi connectivity index (χ3v) is 5.14. The van der Waals surface area contributed by atoms with Gasteiger partial charge in [-0.15, -0.1) is 11.3 Å². The molecule has 2 rings (SSSR count). The monoisotopic (exact) mass is 296 g/mol. The molecule has 1 N–H and O–H groups in total. The molecule has 0 aliphatic heterocycles. The van der Waals surface area contributed by atoms with E-state index in [1.165, 1.54) is 17.7 Å². The van der Waals surface area contributed by atoms with Gasteiger partial charge in [-0.2, -0.15) is 0 Å². The van der Waals surface area contributed by atoms with E-state index in [1.54, 1.807) is 7.11 Å². The Labute approximate surface area is 127 Å². The second-order valence-corrected chi connectivity index (χ2v) is 6.90. The number of methoxy groups -OCH3 is 1. The summed E-state index contributed by atoms with van der Waals surface area (Å²) in [5.74, 6) is 0.909. The molecule has 1 fully saturated rings. The minimum Gasteiger partial charge on any atom is -0.383 e. The average Bonchev–Trinajstić information content (AvgIpc) is 3.17. The van der Waals surface area contributed by atoms with Gasteiger partial charge < -0.3 is 10.1 Å². The fourth-order valence-electron chi connectivity index (χ4n) is 2.81. The molecule has 1 aromatic heterocycles. The molecule has 114 valence electrons. The molecule has 1 aliphatic carbocycles. The number of nitrogens with one attached hydrogen (secondary N) is 1. The molecule has 2 unspecified atom stereocenters. The second kappa shape index (κ2) is 8.13. The van der Waals surface area contributed by atoms with Crippen LogP contribution in [0, 0.1) is 5.92 Å². The lowest BCUT2D eigenvalue weighted by Gasteiger charge is -2.35. The van der Waals surface area contributed by atoms with E-state index in [0.29, 0.717) is 12.1 Å². The minimum absolute atomic E-state index is 0.556. The van der Waals surface area contributed by atoms with Crippen molar-refractivity contribution in [2.45, 2.75) is 45.3 Å². The van der Waals surface area contributed by atoms with Crippen LogP contribution in [0.15, 0.2) is 17.5 Å². The van der Waals surface area contributed by atoms with Crippen molar-refractivity contribution in [2.75, 3.05) is 26.8 Å². The summed E-state index contributed by atoms with van der Waals surface area (Å²) >= 11 is 1.82.